The Balaban J connectivity index is 2.40. The Morgan fingerprint density at radius 2 is 2.29 bits per heavy atom. The molecule has 0 bridgehead atoms. The number of aliphatic hydroxyl groups is 1. The third-order valence-corrected chi connectivity index (χ3v) is 3.12. The van der Waals surface area contributed by atoms with Crippen LogP contribution in [-0.2, 0) is 4.74 Å². The van der Waals surface area contributed by atoms with Crippen LogP contribution in [0.4, 0.5) is 10.1 Å². The molecule has 1 fully saturated rings. The normalized spacial score (nSPS) is 22.6. The first kappa shape index (κ1) is 12.3. The van der Waals surface area contributed by atoms with Crippen LogP contribution >= 0.6 is 0 Å². The maximum atomic E-state index is 13.8. The van der Waals surface area contributed by atoms with Gasteiger partial charge in [0.1, 0.15) is 5.82 Å². The van der Waals surface area contributed by atoms with Gasteiger partial charge in [0.25, 0.3) is 0 Å². The summed E-state index contributed by atoms with van der Waals surface area (Å²) in [7, 11) is 0. The van der Waals surface area contributed by atoms with Crippen molar-refractivity contribution >= 4 is 5.69 Å². The number of nitrogens with zero attached hydrogens (tertiary/aromatic N) is 1. The second-order valence-electron chi connectivity index (χ2n) is 4.47. The second kappa shape index (κ2) is 5.02. The van der Waals surface area contributed by atoms with E-state index in [0.29, 0.717) is 18.8 Å². The first-order chi connectivity index (χ1) is 8.11. The molecule has 1 N–H and O–H groups in total. The van der Waals surface area contributed by atoms with Crippen molar-refractivity contribution in [3.63, 3.8) is 0 Å². The van der Waals surface area contributed by atoms with Crippen molar-refractivity contribution in [1.82, 2.24) is 0 Å². The van der Waals surface area contributed by atoms with Crippen molar-refractivity contribution in [2.45, 2.75) is 26.0 Å². The van der Waals surface area contributed by atoms with E-state index in [4.69, 9.17) is 4.74 Å². The van der Waals surface area contributed by atoms with Gasteiger partial charge in [-0.15, -0.1) is 0 Å². The van der Waals surface area contributed by atoms with Crippen LogP contribution in [0, 0.1) is 5.82 Å². The van der Waals surface area contributed by atoms with Crippen molar-refractivity contribution in [2.24, 2.45) is 0 Å². The number of hydrogen-bond acceptors (Lipinski definition) is 3. The largest absolute Gasteiger partial charge is 0.389 e. The van der Waals surface area contributed by atoms with E-state index in [0.717, 1.165) is 12.2 Å². The van der Waals surface area contributed by atoms with Gasteiger partial charge in [0.05, 0.1) is 19.3 Å². The van der Waals surface area contributed by atoms with Gasteiger partial charge in [0, 0.05) is 23.8 Å². The van der Waals surface area contributed by atoms with Gasteiger partial charge >= 0.3 is 0 Å². The number of anilines is 1. The molecule has 0 aromatic heterocycles. The lowest BCUT2D eigenvalue weighted by Gasteiger charge is -2.36. The van der Waals surface area contributed by atoms with E-state index >= 15 is 0 Å². The first-order valence-electron chi connectivity index (χ1n) is 5.92. The van der Waals surface area contributed by atoms with Crippen LogP contribution in [0.15, 0.2) is 18.2 Å². The number of hydrogen-bond donors (Lipinski definition) is 1. The molecule has 1 heterocycles. The summed E-state index contributed by atoms with van der Waals surface area (Å²) < 4.78 is 19.1. The zero-order valence-electron chi connectivity index (χ0n) is 10.2. The van der Waals surface area contributed by atoms with Gasteiger partial charge in [-0.1, -0.05) is 6.07 Å². The van der Waals surface area contributed by atoms with E-state index < -0.39 is 6.10 Å². The lowest BCUT2D eigenvalue weighted by atomic mass is 10.0. The monoisotopic (exact) mass is 239 g/mol. The highest BCUT2D eigenvalue weighted by atomic mass is 19.1. The van der Waals surface area contributed by atoms with Crippen molar-refractivity contribution in [3.05, 3.63) is 29.6 Å². The van der Waals surface area contributed by atoms with Crippen LogP contribution in [0.3, 0.4) is 0 Å². The molecular weight excluding hydrogens is 221 g/mol. The summed E-state index contributed by atoms with van der Waals surface area (Å²) in [5, 5.41) is 9.70. The fourth-order valence-electron chi connectivity index (χ4n) is 2.27. The van der Waals surface area contributed by atoms with Gasteiger partial charge < -0.3 is 14.7 Å². The minimum absolute atomic E-state index is 0.197. The predicted molar refractivity (Wildman–Crippen MR) is 64.7 cm³/mol. The van der Waals surface area contributed by atoms with Gasteiger partial charge in [-0.05, 0) is 26.0 Å². The molecule has 2 unspecified atom stereocenters. The standard InChI is InChI=1S/C13H18FNO2/c1-9-8-17-7-6-15(9)12-5-3-4-11(14)13(12)10(2)16/h3-5,9-10,16H,6-8H2,1-2H3. The van der Waals surface area contributed by atoms with E-state index in [1.54, 1.807) is 13.0 Å². The predicted octanol–water partition coefficient (Wildman–Crippen LogP) is 2.10. The van der Waals surface area contributed by atoms with Gasteiger partial charge in [0.15, 0.2) is 0 Å². The Labute approximate surface area is 101 Å². The molecule has 17 heavy (non-hydrogen) atoms. The average molecular weight is 239 g/mol. The van der Waals surface area contributed by atoms with Crippen LogP contribution in [0.2, 0.25) is 0 Å². The molecule has 2 rings (SSSR count). The highest BCUT2D eigenvalue weighted by molar-refractivity contribution is 5.56. The summed E-state index contributed by atoms with van der Waals surface area (Å²) in [6, 6.07) is 5.12. The maximum Gasteiger partial charge on any atom is 0.131 e. The van der Waals surface area contributed by atoms with Crippen LogP contribution in [0.5, 0.6) is 0 Å². The van der Waals surface area contributed by atoms with E-state index in [9.17, 15) is 9.50 Å². The molecule has 0 amide bonds. The summed E-state index contributed by atoms with van der Waals surface area (Å²) >= 11 is 0. The van der Waals surface area contributed by atoms with E-state index in [1.165, 1.54) is 6.07 Å². The number of morpholine rings is 1. The number of aliphatic hydroxyl groups excluding tert-OH is 1. The second-order valence-corrected chi connectivity index (χ2v) is 4.47. The van der Waals surface area contributed by atoms with Crippen molar-refractivity contribution in [2.75, 3.05) is 24.7 Å². The highest BCUT2D eigenvalue weighted by Crippen LogP contribution is 2.30. The SMILES string of the molecule is CC(O)c1c(F)cccc1N1CCOCC1C. The fraction of sp³-hybridized carbons (Fsp3) is 0.538. The van der Waals surface area contributed by atoms with Crippen molar-refractivity contribution in [3.8, 4) is 0 Å². The molecule has 0 saturated carbocycles. The third-order valence-electron chi connectivity index (χ3n) is 3.12. The molecule has 1 aromatic rings. The van der Waals surface area contributed by atoms with Crippen LogP contribution in [0.25, 0.3) is 0 Å². The van der Waals surface area contributed by atoms with Crippen LogP contribution < -0.4 is 4.90 Å². The third kappa shape index (κ3) is 2.42. The number of halogens is 1. The van der Waals surface area contributed by atoms with E-state index in [2.05, 4.69) is 4.90 Å². The Hall–Kier alpha value is -1.13. The lowest BCUT2D eigenvalue weighted by molar-refractivity contribution is 0.0983. The minimum atomic E-state index is -0.804. The van der Waals surface area contributed by atoms with Gasteiger partial charge in [0.2, 0.25) is 0 Å². The molecule has 0 aliphatic carbocycles. The van der Waals surface area contributed by atoms with E-state index in [1.807, 2.05) is 13.0 Å². The smallest absolute Gasteiger partial charge is 0.131 e. The van der Waals surface area contributed by atoms with Gasteiger partial charge in [-0.3, -0.25) is 0 Å². The summed E-state index contributed by atoms with van der Waals surface area (Å²) in [5.41, 5.74) is 1.15. The quantitative estimate of drug-likeness (QED) is 0.858. The average Bonchev–Trinajstić information content (AvgIpc) is 2.28. The summed E-state index contributed by atoms with van der Waals surface area (Å²) in [6.45, 7) is 5.63. The zero-order valence-corrected chi connectivity index (χ0v) is 10.2. The van der Waals surface area contributed by atoms with Gasteiger partial charge in [-0.2, -0.15) is 0 Å². The Morgan fingerprint density at radius 1 is 1.53 bits per heavy atom. The van der Waals surface area contributed by atoms with E-state index in [-0.39, 0.29) is 11.9 Å². The topological polar surface area (TPSA) is 32.7 Å². The fourth-order valence-corrected chi connectivity index (χ4v) is 2.27. The molecule has 4 heteroatoms. The Bertz CT molecular complexity index is 395. The molecule has 1 saturated heterocycles. The molecule has 0 spiro atoms. The van der Waals surface area contributed by atoms with Crippen molar-refractivity contribution in [1.29, 1.82) is 0 Å². The molecule has 1 aliphatic heterocycles. The van der Waals surface area contributed by atoms with Crippen LogP contribution in [-0.4, -0.2) is 30.9 Å². The number of benzene rings is 1. The molecule has 94 valence electrons. The van der Waals surface area contributed by atoms with Crippen molar-refractivity contribution < 1.29 is 14.2 Å². The number of ether oxygens (including phenoxy) is 1. The summed E-state index contributed by atoms with van der Waals surface area (Å²) in [5.74, 6) is -0.351. The Kier molecular flexibility index (Phi) is 3.64. The lowest BCUT2D eigenvalue weighted by Crippen LogP contribution is -2.44. The molecule has 0 radical (unpaired) electrons. The number of rotatable bonds is 2. The Morgan fingerprint density at radius 3 is 2.94 bits per heavy atom. The first-order valence-corrected chi connectivity index (χ1v) is 5.92. The molecule has 3 nitrogen and oxygen atoms in total. The molecule has 2 atom stereocenters. The van der Waals surface area contributed by atoms with Gasteiger partial charge in [-0.25, -0.2) is 4.39 Å². The minimum Gasteiger partial charge on any atom is -0.389 e. The summed E-state index contributed by atoms with van der Waals surface area (Å²) in [6.07, 6.45) is -0.804. The molecule has 1 aliphatic rings. The highest BCUT2D eigenvalue weighted by Gasteiger charge is 2.24. The zero-order chi connectivity index (χ0) is 12.4. The molecule has 1 aromatic carbocycles. The maximum absolute atomic E-state index is 13.8. The summed E-state index contributed by atoms with van der Waals surface area (Å²) in [4.78, 5) is 2.09. The molecular formula is C13H18FNO2. The van der Waals surface area contributed by atoms with Crippen LogP contribution in [0.1, 0.15) is 25.5 Å².